The fraction of sp³-hybridized carbons (Fsp3) is 0.300. The molecule has 3 heterocycles. The Kier molecular flexibility index (Phi) is 4.82. The molecule has 138 valence electrons. The van der Waals surface area contributed by atoms with Crippen molar-refractivity contribution in [2.45, 2.75) is 12.8 Å². The molecule has 1 aliphatic heterocycles. The van der Waals surface area contributed by atoms with Crippen molar-refractivity contribution in [2.24, 2.45) is 5.92 Å². The lowest BCUT2D eigenvalue weighted by Gasteiger charge is -2.15. The van der Waals surface area contributed by atoms with E-state index >= 15 is 0 Å². The Hall–Kier alpha value is -3.22. The fourth-order valence-corrected chi connectivity index (χ4v) is 3.28. The Labute approximate surface area is 157 Å². The summed E-state index contributed by atoms with van der Waals surface area (Å²) in [6.07, 6.45) is 3.25. The molecule has 0 spiro atoms. The van der Waals surface area contributed by atoms with Gasteiger partial charge in [0.15, 0.2) is 5.82 Å². The third kappa shape index (κ3) is 3.81. The van der Waals surface area contributed by atoms with Crippen molar-refractivity contribution < 1.29 is 14.1 Å². The highest BCUT2D eigenvalue weighted by molar-refractivity contribution is 5.92. The van der Waals surface area contributed by atoms with Gasteiger partial charge in [-0.05, 0) is 48.7 Å². The molecule has 7 heteroatoms. The van der Waals surface area contributed by atoms with Crippen molar-refractivity contribution in [3.63, 3.8) is 0 Å². The molecule has 0 saturated carbocycles. The molecular weight excluding hydrogens is 344 g/mol. The summed E-state index contributed by atoms with van der Waals surface area (Å²) < 4.78 is 10.5. The number of rotatable bonds is 5. The van der Waals surface area contributed by atoms with E-state index in [0.29, 0.717) is 36.3 Å². The third-order valence-electron chi connectivity index (χ3n) is 4.73. The number of benzene rings is 1. The summed E-state index contributed by atoms with van der Waals surface area (Å²) in [5, 5.41) is 4.09. The molecular formula is C20H20N4O3. The molecule has 1 aromatic carbocycles. The largest absolute Gasteiger partial charge is 0.497 e. The van der Waals surface area contributed by atoms with Gasteiger partial charge in [-0.1, -0.05) is 11.2 Å². The van der Waals surface area contributed by atoms with E-state index in [1.807, 2.05) is 35.2 Å². The predicted octanol–water partition coefficient (Wildman–Crippen LogP) is 2.85. The van der Waals surface area contributed by atoms with Crippen molar-refractivity contribution in [2.75, 3.05) is 20.2 Å². The van der Waals surface area contributed by atoms with Gasteiger partial charge in [-0.15, -0.1) is 0 Å². The summed E-state index contributed by atoms with van der Waals surface area (Å²) in [6, 6.07) is 12.9. The van der Waals surface area contributed by atoms with Crippen LogP contribution in [0.3, 0.4) is 0 Å². The van der Waals surface area contributed by atoms with Crippen LogP contribution in [0.15, 0.2) is 53.2 Å². The van der Waals surface area contributed by atoms with Crippen molar-refractivity contribution >= 4 is 5.91 Å². The molecule has 1 fully saturated rings. The van der Waals surface area contributed by atoms with Gasteiger partial charge in [0, 0.05) is 31.3 Å². The highest BCUT2D eigenvalue weighted by atomic mass is 16.5. The molecule has 2 aromatic heterocycles. The lowest BCUT2D eigenvalue weighted by molar-refractivity contribution is 0.0781. The predicted molar refractivity (Wildman–Crippen MR) is 98.2 cm³/mol. The average Bonchev–Trinajstić information content (AvgIpc) is 3.38. The maximum atomic E-state index is 12.5. The number of carbonyl (C=O) groups excluding carboxylic acids is 1. The molecule has 0 aliphatic carbocycles. The minimum Gasteiger partial charge on any atom is -0.497 e. The zero-order valence-electron chi connectivity index (χ0n) is 15.0. The Morgan fingerprint density at radius 3 is 2.85 bits per heavy atom. The number of amides is 1. The van der Waals surface area contributed by atoms with Crippen molar-refractivity contribution in [3.8, 4) is 17.2 Å². The lowest BCUT2D eigenvalue weighted by Crippen LogP contribution is -2.29. The highest BCUT2D eigenvalue weighted by Gasteiger charge is 2.28. The van der Waals surface area contributed by atoms with E-state index in [0.717, 1.165) is 24.3 Å². The van der Waals surface area contributed by atoms with Gasteiger partial charge >= 0.3 is 0 Å². The number of nitrogens with zero attached hydrogens (tertiary/aromatic N) is 4. The number of hydrogen-bond donors (Lipinski definition) is 0. The molecule has 1 amide bonds. The van der Waals surface area contributed by atoms with Crippen LogP contribution in [0.1, 0.15) is 22.7 Å². The Morgan fingerprint density at radius 2 is 2.11 bits per heavy atom. The summed E-state index contributed by atoms with van der Waals surface area (Å²) in [5.74, 6) is 2.23. The van der Waals surface area contributed by atoms with E-state index in [1.165, 1.54) is 0 Å². The second kappa shape index (κ2) is 7.57. The molecule has 27 heavy (non-hydrogen) atoms. The van der Waals surface area contributed by atoms with Gasteiger partial charge < -0.3 is 14.2 Å². The fourth-order valence-electron chi connectivity index (χ4n) is 3.28. The van der Waals surface area contributed by atoms with Crippen LogP contribution in [-0.2, 0) is 6.42 Å². The number of pyridine rings is 1. The Morgan fingerprint density at radius 1 is 1.26 bits per heavy atom. The summed E-state index contributed by atoms with van der Waals surface area (Å²) in [6.45, 7) is 1.41. The topological polar surface area (TPSA) is 81.4 Å². The minimum atomic E-state index is -0.0230. The van der Waals surface area contributed by atoms with Crippen LogP contribution < -0.4 is 4.74 Å². The van der Waals surface area contributed by atoms with Crippen molar-refractivity contribution in [3.05, 3.63) is 60.2 Å². The molecule has 1 aliphatic rings. The van der Waals surface area contributed by atoms with Crippen molar-refractivity contribution in [1.82, 2.24) is 20.0 Å². The van der Waals surface area contributed by atoms with Gasteiger partial charge in [-0.3, -0.25) is 9.78 Å². The summed E-state index contributed by atoms with van der Waals surface area (Å²) in [4.78, 5) is 23.0. The smallest absolute Gasteiger partial charge is 0.272 e. The summed E-state index contributed by atoms with van der Waals surface area (Å²) in [5.41, 5.74) is 1.34. The number of ether oxygens (including phenoxy) is 1. The van der Waals surface area contributed by atoms with E-state index < -0.39 is 0 Å². The molecule has 1 saturated heterocycles. The first kappa shape index (κ1) is 17.2. The van der Waals surface area contributed by atoms with Gasteiger partial charge in [-0.2, -0.15) is 4.98 Å². The summed E-state index contributed by atoms with van der Waals surface area (Å²) >= 11 is 0. The van der Waals surface area contributed by atoms with E-state index in [9.17, 15) is 4.79 Å². The highest BCUT2D eigenvalue weighted by Crippen LogP contribution is 2.24. The first-order valence-corrected chi connectivity index (χ1v) is 8.90. The standard InChI is InChI=1S/C20H20N4O3/c1-26-16-7-5-15(6-8-16)19-22-18(23-27-19)12-14-9-11-24(13-14)20(25)17-4-2-3-10-21-17/h2-8,10,14H,9,11-13H2,1H3. The zero-order valence-corrected chi connectivity index (χ0v) is 15.0. The van der Waals surface area contributed by atoms with Crippen LogP contribution in [-0.4, -0.2) is 46.1 Å². The number of hydrogen-bond acceptors (Lipinski definition) is 6. The SMILES string of the molecule is COc1ccc(-c2nc(CC3CCN(C(=O)c4ccccn4)C3)no2)cc1. The molecule has 7 nitrogen and oxygen atoms in total. The molecule has 3 aromatic rings. The normalized spacial score (nSPS) is 16.5. The van der Waals surface area contributed by atoms with E-state index in [2.05, 4.69) is 15.1 Å². The molecule has 0 N–H and O–H groups in total. The number of carbonyl (C=O) groups is 1. The van der Waals surface area contributed by atoms with Crippen molar-refractivity contribution in [1.29, 1.82) is 0 Å². The van der Waals surface area contributed by atoms with Crippen LogP contribution in [0.5, 0.6) is 5.75 Å². The molecule has 1 atom stereocenters. The maximum absolute atomic E-state index is 12.5. The first-order valence-electron chi connectivity index (χ1n) is 8.90. The minimum absolute atomic E-state index is 0.0230. The van der Waals surface area contributed by atoms with E-state index in [-0.39, 0.29) is 5.91 Å². The molecule has 4 rings (SSSR count). The quantitative estimate of drug-likeness (QED) is 0.692. The number of aromatic nitrogens is 3. The van der Waals surface area contributed by atoms with Gasteiger partial charge in [0.1, 0.15) is 11.4 Å². The van der Waals surface area contributed by atoms with E-state index in [1.54, 1.807) is 25.4 Å². The Bertz CT molecular complexity index is 908. The third-order valence-corrected chi connectivity index (χ3v) is 4.73. The van der Waals surface area contributed by atoms with Gasteiger partial charge in [-0.25, -0.2) is 0 Å². The van der Waals surface area contributed by atoms with Crippen LogP contribution in [0.4, 0.5) is 0 Å². The van der Waals surface area contributed by atoms with Crippen LogP contribution >= 0.6 is 0 Å². The van der Waals surface area contributed by atoms with Gasteiger partial charge in [0.2, 0.25) is 0 Å². The number of likely N-dealkylation sites (tertiary alicyclic amines) is 1. The van der Waals surface area contributed by atoms with Crippen LogP contribution in [0, 0.1) is 5.92 Å². The first-order chi connectivity index (χ1) is 13.2. The lowest BCUT2D eigenvalue weighted by atomic mass is 10.1. The van der Waals surface area contributed by atoms with Crippen LogP contribution in [0.25, 0.3) is 11.5 Å². The molecule has 0 bridgehead atoms. The summed E-state index contributed by atoms with van der Waals surface area (Å²) in [7, 11) is 1.63. The molecule has 1 unspecified atom stereocenters. The zero-order chi connectivity index (χ0) is 18.6. The maximum Gasteiger partial charge on any atom is 0.272 e. The van der Waals surface area contributed by atoms with Crippen LogP contribution in [0.2, 0.25) is 0 Å². The second-order valence-electron chi connectivity index (χ2n) is 6.57. The van der Waals surface area contributed by atoms with Gasteiger partial charge in [0.05, 0.1) is 7.11 Å². The molecule has 0 radical (unpaired) electrons. The Balaban J connectivity index is 1.37. The van der Waals surface area contributed by atoms with E-state index in [4.69, 9.17) is 9.26 Å². The monoisotopic (exact) mass is 364 g/mol. The van der Waals surface area contributed by atoms with Gasteiger partial charge in [0.25, 0.3) is 11.8 Å². The average molecular weight is 364 g/mol. The number of methoxy groups -OCH3 is 1. The second-order valence-corrected chi connectivity index (χ2v) is 6.57.